The fraction of sp³-hybridized carbons (Fsp3) is 0.409. The summed E-state index contributed by atoms with van der Waals surface area (Å²) >= 11 is 9.32. The summed E-state index contributed by atoms with van der Waals surface area (Å²) in [5.41, 5.74) is 0.361. The number of ether oxygens (including phenoxy) is 1. The molecule has 1 amide bonds. The normalized spacial score (nSPS) is 18.3. The minimum absolute atomic E-state index is 0.0448. The minimum Gasteiger partial charge on any atom is -0.493 e. The van der Waals surface area contributed by atoms with E-state index in [1.807, 2.05) is 0 Å². The minimum atomic E-state index is -3.74. The number of hydrogen-bond acceptors (Lipinski definition) is 5. The molecule has 1 heterocycles. The SMILES string of the molecule is O=C(NS(=O)O)c1cc(C2CC2)c(OCC2CCN(S(=O)(=O)c3cc(Cl)cc(Cl)c3)CC2)cc1F. The van der Waals surface area contributed by atoms with Crippen LogP contribution in [-0.4, -0.2) is 47.1 Å². The number of benzene rings is 2. The van der Waals surface area contributed by atoms with Gasteiger partial charge in [0.25, 0.3) is 17.2 Å². The van der Waals surface area contributed by atoms with E-state index >= 15 is 0 Å². The molecule has 2 N–H and O–H groups in total. The fourth-order valence-corrected chi connectivity index (χ4v) is 6.53. The lowest BCUT2D eigenvalue weighted by atomic mass is 9.99. The number of amides is 1. The van der Waals surface area contributed by atoms with Crippen LogP contribution in [0.4, 0.5) is 4.39 Å². The number of sulfonamides is 1. The molecule has 2 aromatic carbocycles. The zero-order chi connectivity index (χ0) is 25.3. The summed E-state index contributed by atoms with van der Waals surface area (Å²) in [7, 11) is -3.74. The zero-order valence-electron chi connectivity index (χ0n) is 18.4. The second kappa shape index (κ2) is 10.7. The van der Waals surface area contributed by atoms with Gasteiger partial charge in [-0.05, 0) is 67.3 Å². The summed E-state index contributed by atoms with van der Waals surface area (Å²) in [6, 6.07) is 6.71. The van der Waals surface area contributed by atoms with Crippen LogP contribution in [0, 0.1) is 11.7 Å². The molecule has 0 aromatic heterocycles. The van der Waals surface area contributed by atoms with Crippen molar-refractivity contribution in [3.8, 4) is 5.75 Å². The third kappa shape index (κ3) is 6.33. The van der Waals surface area contributed by atoms with E-state index in [4.69, 9.17) is 32.5 Å². The molecular formula is C22H23Cl2FN2O6S2. The fourth-order valence-electron chi connectivity index (χ4n) is 4.07. The van der Waals surface area contributed by atoms with E-state index < -0.39 is 33.0 Å². The highest BCUT2D eigenvalue weighted by molar-refractivity contribution is 7.89. The van der Waals surface area contributed by atoms with Crippen LogP contribution in [0.2, 0.25) is 10.0 Å². The average molecular weight is 565 g/mol. The van der Waals surface area contributed by atoms with E-state index in [2.05, 4.69) is 0 Å². The van der Waals surface area contributed by atoms with Crippen molar-refractivity contribution in [1.29, 1.82) is 0 Å². The standard InChI is InChI=1S/C22H23Cl2FN2O6S2/c23-15-7-16(24)9-17(8-15)35(31,32)27-5-3-13(4-6-27)12-33-21-11-20(25)19(22(28)26-34(29)30)10-18(21)14-1-2-14/h7-11,13-14H,1-6,12H2,(H,26,28)(H,29,30). The number of halogens is 3. The molecule has 1 unspecified atom stereocenters. The van der Waals surface area contributed by atoms with Gasteiger partial charge in [0.1, 0.15) is 11.6 Å². The van der Waals surface area contributed by atoms with Gasteiger partial charge in [0.15, 0.2) is 0 Å². The maximum Gasteiger partial charge on any atom is 0.267 e. The summed E-state index contributed by atoms with van der Waals surface area (Å²) in [4.78, 5) is 12.1. The van der Waals surface area contributed by atoms with Crippen molar-refractivity contribution in [2.45, 2.75) is 36.5 Å². The first-order valence-electron chi connectivity index (χ1n) is 10.9. The third-order valence-electron chi connectivity index (χ3n) is 6.06. The van der Waals surface area contributed by atoms with Crippen LogP contribution in [0.5, 0.6) is 5.75 Å². The smallest absolute Gasteiger partial charge is 0.267 e. The molecule has 8 nitrogen and oxygen atoms in total. The Morgan fingerprint density at radius 2 is 1.74 bits per heavy atom. The van der Waals surface area contributed by atoms with Gasteiger partial charge in [-0.1, -0.05) is 23.2 Å². The van der Waals surface area contributed by atoms with Gasteiger partial charge in [-0.3, -0.25) is 9.35 Å². The van der Waals surface area contributed by atoms with E-state index in [1.165, 1.54) is 28.6 Å². The number of nitrogens with zero attached hydrogens (tertiary/aromatic N) is 1. The number of rotatable bonds is 8. The molecule has 1 saturated heterocycles. The highest BCUT2D eigenvalue weighted by Crippen LogP contribution is 2.45. The molecule has 0 radical (unpaired) electrons. The van der Waals surface area contributed by atoms with Gasteiger partial charge in [0, 0.05) is 29.2 Å². The average Bonchev–Trinajstić information content (AvgIpc) is 3.62. The van der Waals surface area contributed by atoms with Crippen molar-refractivity contribution < 1.29 is 31.1 Å². The number of hydrogen-bond donors (Lipinski definition) is 2. The molecule has 13 heteroatoms. The van der Waals surface area contributed by atoms with Crippen molar-refractivity contribution in [3.63, 3.8) is 0 Å². The number of carbonyl (C=O) groups is 1. The van der Waals surface area contributed by atoms with Crippen molar-refractivity contribution >= 4 is 50.4 Å². The Morgan fingerprint density at radius 1 is 1.11 bits per heavy atom. The maximum absolute atomic E-state index is 14.6. The quantitative estimate of drug-likeness (QED) is 0.460. The number of piperidine rings is 1. The van der Waals surface area contributed by atoms with Gasteiger partial charge < -0.3 is 4.74 Å². The van der Waals surface area contributed by atoms with Gasteiger partial charge in [-0.25, -0.2) is 21.7 Å². The summed E-state index contributed by atoms with van der Waals surface area (Å²) in [6.07, 6.45) is 2.85. The Hall–Kier alpha value is -1.76. The first-order valence-corrected chi connectivity index (χ1v) is 14.2. The Bertz CT molecular complexity index is 1240. The predicted octanol–water partition coefficient (Wildman–Crippen LogP) is 4.36. The Labute approximate surface area is 215 Å². The van der Waals surface area contributed by atoms with Crippen molar-refractivity contribution in [3.05, 3.63) is 57.3 Å². The lowest BCUT2D eigenvalue weighted by Crippen LogP contribution is -2.39. The summed E-state index contributed by atoms with van der Waals surface area (Å²) in [5, 5.41) is 0.484. The first-order chi connectivity index (χ1) is 16.5. The lowest BCUT2D eigenvalue weighted by Gasteiger charge is -2.31. The van der Waals surface area contributed by atoms with Crippen LogP contribution in [0.3, 0.4) is 0 Å². The van der Waals surface area contributed by atoms with E-state index in [-0.39, 0.29) is 38.9 Å². The van der Waals surface area contributed by atoms with Crippen molar-refractivity contribution in [2.75, 3.05) is 19.7 Å². The first kappa shape index (κ1) is 26.3. The number of nitrogens with one attached hydrogen (secondary N) is 1. The summed E-state index contributed by atoms with van der Waals surface area (Å²) in [5.74, 6) is -1.32. The summed E-state index contributed by atoms with van der Waals surface area (Å²) < 4.78 is 69.3. The maximum atomic E-state index is 14.6. The highest BCUT2D eigenvalue weighted by Gasteiger charge is 2.32. The molecule has 1 atom stereocenters. The Balaban J connectivity index is 1.40. The molecule has 1 aliphatic carbocycles. The van der Waals surface area contributed by atoms with Crippen LogP contribution in [0.15, 0.2) is 35.2 Å². The molecule has 1 saturated carbocycles. The number of carbonyl (C=O) groups excluding carboxylic acids is 1. The molecule has 4 rings (SSSR count). The van der Waals surface area contributed by atoms with Crippen LogP contribution in [0.25, 0.3) is 0 Å². The largest absolute Gasteiger partial charge is 0.493 e. The third-order valence-corrected chi connectivity index (χ3v) is 8.74. The molecule has 0 spiro atoms. The van der Waals surface area contributed by atoms with Crippen molar-refractivity contribution in [1.82, 2.24) is 9.03 Å². The molecule has 190 valence electrons. The summed E-state index contributed by atoms with van der Waals surface area (Å²) in [6.45, 7) is 0.853. The van der Waals surface area contributed by atoms with Gasteiger partial charge >= 0.3 is 0 Å². The molecule has 2 aromatic rings. The second-order valence-corrected chi connectivity index (χ2v) is 12.1. The van der Waals surface area contributed by atoms with Gasteiger partial charge in [-0.15, -0.1) is 0 Å². The van der Waals surface area contributed by atoms with Gasteiger partial charge in [-0.2, -0.15) is 4.31 Å². The molecule has 2 aliphatic rings. The molecule has 0 bridgehead atoms. The van der Waals surface area contributed by atoms with Crippen LogP contribution < -0.4 is 9.46 Å². The molecule has 1 aliphatic heterocycles. The van der Waals surface area contributed by atoms with Gasteiger partial charge in [0.05, 0.1) is 17.1 Å². The Morgan fingerprint density at radius 3 is 2.31 bits per heavy atom. The van der Waals surface area contributed by atoms with Crippen LogP contribution in [-0.2, 0) is 21.3 Å². The van der Waals surface area contributed by atoms with E-state index in [1.54, 1.807) is 4.72 Å². The topological polar surface area (TPSA) is 113 Å². The van der Waals surface area contributed by atoms with E-state index in [0.717, 1.165) is 18.9 Å². The predicted molar refractivity (Wildman–Crippen MR) is 130 cm³/mol. The van der Waals surface area contributed by atoms with E-state index in [9.17, 15) is 21.8 Å². The second-order valence-electron chi connectivity index (χ2n) is 8.59. The van der Waals surface area contributed by atoms with Gasteiger partial charge in [0.2, 0.25) is 10.0 Å². The molecule has 2 fully saturated rings. The Kier molecular flexibility index (Phi) is 8.04. The monoisotopic (exact) mass is 564 g/mol. The van der Waals surface area contributed by atoms with Crippen LogP contribution in [0.1, 0.15) is 47.5 Å². The molecular weight excluding hydrogens is 542 g/mol. The van der Waals surface area contributed by atoms with Crippen molar-refractivity contribution in [2.24, 2.45) is 5.92 Å². The van der Waals surface area contributed by atoms with E-state index in [0.29, 0.717) is 37.2 Å². The highest BCUT2D eigenvalue weighted by atomic mass is 35.5. The molecule has 35 heavy (non-hydrogen) atoms. The zero-order valence-corrected chi connectivity index (χ0v) is 21.5. The lowest BCUT2D eigenvalue weighted by molar-refractivity contribution is 0.0976. The van der Waals surface area contributed by atoms with Crippen LogP contribution >= 0.6 is 23.2 Å².